The smallest absolute Gasteiger partial charge is 0.343 e. The van der Waals surface area contributed by atoms with Gasteiger partial charge in [0.2, 0.25) is 5.91 Å². The van der Waals surface area contributed by atoms with Crippen molar-refractivity contribution in [1.29, 1.82) is 0 Å². The van der Waals surface area contributed by atoms with E-state index in [9.17, 15) is 19.5 Å². The average molecular weight is 508 g/mol. The van der Waals surface area contributed by atoms with Crippen molar-refractivity contribution in [3.63, 3.8) is 0 Å². The van der Waals surface area contributed by atoms with Crippen molar-refractivity contribution < 1.29 is 29.0 Å². The number of carboxylic acids is 1. The van der Waals surface area contributed by atoms with Gasteiger partial charge in [0.15, 0.2) is 6.61 Å². The molecule has 0 spiro atoms. The van der Waals surface area contributed by atoms with Gasteiger partial charge in [0.05, 0.1) is 7.11 Å². The SMILES string of the molecule is CCCCCCCCC#Cc1ccc(CN(Cc2ccc(OCC(=O)OC)c(C(=O)O)c2)C(C)=O)cc1. The van der Waals surface area contributed by atoms with Crippen LogP contribution in [0.5, 0.6) is 5.75 Å². The molecule has 0 aromatic heterocycles. The van der Waals surface area contributed by atoms with Gasteiger partial charge in [0, 0.05) is 32.0 Å². The molecule has 0 unspecified atom stereocenters. The zero-order valence-electron chi connectivity index (χ0n) is 22.0. The molecule has 0 saturated carbocycles. The zero-order chi connectivity index (χ0) is 27.0. The molecule has 0 saturated heterocycles. The normalized spacial score (nSPS) is 10.2. The summed E-state index contributed by atoms with van der Waals surface area (Å²) in [6, 6.07) is 12.4. The third kappa shape index (κ3) is 10.8. The summed E-state index contributed by atoms with van der Waals surface area (Å²) in [5.74, 6) is 4.57. The van der Waals surface area contributed by atoms with Crippen LogP contribution >= 0.6 is 0 Å². The van der Waals surface area contributed by atoms with Crippen molar-refractivity contribution >= 4 is 17.8 Å². The zero-order valence-corrected chi connectivity index (χ0v) is 22.0. The Morgan fingerprint density at radius 2 is 1.57 bits per heavy atom. The molecule has 37 heavy (non-hydrogen) atoms. The number of hydrogen-bond acceptors (Lipinski definition) is 5. The van der Waals surface area contributed by atoms with Gasteiger partial charge in [-0.1, -0.05) is 69.1 Å². The van der Waals surface area contributed by atoms with Crippen LogP contribution in [0.4, 0.5) is 0 Å². The van der Waals surface area contributed by atoms with Gasteiger partial charge >= 0.3 is 11.9 Å². The van der Waals surface area contributed by atoms with E-state index in [2.05, 4.69) is 23.5 Å². The molecule has 0 aliphatic rings. The minimum absolute atomic E-state index is 0.0595. The highest BCUT2D eigenvalue weighted by Gasteiger charge is 2.16. The molecule has 0 heterocycles. The summed E-state index contributed by atoms with van der Waals surface area (Å²) >= 11 is 0. The van der Waals surface area contributed by atoms with E-state index in [1.54, 1.807) is 11.0 Å². The quantitative estimate of drug-likeness (QED) is 0.204. The number of carboxylic acid groups (broad SMARTS) is 1. The van der Waals surface area contributed by atoms with Crippen molar-refractivity contribution in [1.82, 2.24) is 4.90 Å². The number of amides is 1. The first-order valence-electron chi connectivity index (χ1n) is 12.7. The van der Waals surface area contributed by atoms with Crippen LogP contribution in [-0.2, 0) is 27.4 Å². The Bertz CT molecular complexity index is 1100. The standard InChI is InChI=1S/C30H37NO6/c1-4-5-6-7-8-9-10-11-12-24-13-15-25(16-14-24)20-31(23(2)32)21-26-17-18-28(27(19-26)30(34)35)37-22-29(33)36-3/h13-19H,4-10,20-22H2,1-3H3,(H,34,35). The first-order chi connectivity index (χ1) is 17.8. The van der Waals surface area contributed by atoms with Gasteiger partial charge in [-0.2, -0.15) is 0 Å². The lowest BCUT2D eigenvalue weighted by atomic mass is 10.1. The van der Waals surface area contributed by atoms with Gasteiger partial charge < -0.3 is 19.5 Å². The first kappa shape index (κ1) is 29.4. The van der Waals surface area contributed by atoms with Crippen molar-refractivity contribution in [2.75, 3.05) is 13.7 Å². The van der Waals surface area contributed by atoms with E-state index < -0.39 is 18.5 Å². The van der Waals surface area contributed by atoms with Crippen molar-refractivity contribution in [2.45, 2.75) is 71.9 Å². The fourth-order valence-corrected chi connectivity index (χ4v) is 3.74. The van der Waals surface area contributed by atoms with E-state index >= 15 is 0 Å². The summed E-state index contributed by atoms with van der Waals surface area (Å²) in [7, 11) is 1.22. The van der Waals surface area contributed by atoms with E-state index in [4.69, 9.17) is 4.74 Å². The van der Waals surface area contributed by atoms with Crippen LogP contribution < -0.4 is 4.74 Å². The fourth-order valence-electron chi connectivity index (χ4n) is 3.74. The number of carbonyl (C=O) groups excluding carboxylic acids is 2. The maximum Gasteiger partial charge on any atom is 0.343 e. The lowest BCUT2D eigenvalue weighted by molar-refractivity contribution is -0.143. The first-order valence-corrected chi connectivity index (χ1v) is 12.7. The number of carbonyl (C=O) groups is 3. The molecule has 2 aromatic carbocycles. The molecule has 0 aliphatic carbocycles. The summed E-state index contributed by atoms with van der Waals surface area (Å²) in [5, 5.41) is 9.56. The highest BCUT2D eigenvalue weighted by Crippen LogP contribution is 2.22. The number of methoxy groups -OCH3 is 1. The molecule has 1 amide bonds. The number of rotatable bonds is 14. The maximum atomic E-state index is 12.3. The van der Waals surface area contributed by atoms with Crippen LogP contribution in [0, 0.1) is 11.8 Å². The Balaban J connectivity index is 1.98. The van der Waals surface area contributed by atoms with Gasteiger partial charge in [0.25, 0.3) is 0 Å². The minimum Gasteiger partial charge on any atom is -0.481 e. The minimum atomic E-state index is -1.19. The monoisotopic (exact) mass is 507 g/mol. The lowest BCUT2D eigenvalue weighted by Crippen LogP contribution is -2.27. The molecular weight excluding hydrogens is 470 g/mol. The number of unbranched alkanes of at least 4 members (excludes halogenated alkanes) is 6. The maximum absolute atomic E-state index is 12.3. The lowest BCUT2D eigenvalue weighted by Gasteiger charge is -2.22. The Labute approximate surface area is 219 Å². The second-order valence-corrected chi connectivity index (χ2v) is 8.89. The van der Waals surface area contributed by atoms with Crippen LogP contribution in [0.25, 0.3) is 0 Å². The number of ether oxygens (including phenoxy) is 2. The van der Waals surface area contributed by atoms with Crippen molar-refractivity contribution in [3.8, 4) is 17.6 Å². The molecule has 0 bridgehead atoms. The van der Waals surface area contributed by atoms with E-state index in [-0.39, 0.29) is 23.8 Å². The third-order valence-electron chi connectivity index (χ3n) is 5.88. The van der Waals surface area contributed by atoms with Crippen molar-refractivity contribution in [2.24, 2.45) is 0 Å². The Morgan fingerprint density at radius 3 is 2.22 bits per heavy atom. The highest BCUT2D eigenvalue weighted by molar-refractivity contribution is 5.91. The highest BCUT2D eigenvalue weighted by atomic mass is 16.6. The molecular formula is C30H37NO6. The number of esters is 1. The number of benzene rings is 2. The summed E-state index contributed by atoms with van der Waals surface area (Å²) < 4.78 is 9.80. The predicted molar refractivity (Wildman–Crippen MR) is 142 cm³/mol. The summed E-state index contributed by atoms with van der Waals surface area (Å²) in [4.78, 5) is 37.0. The van der Waals surface area contributed by atoms with E-state index in [0.717, 1.165) is 24.0 Å². The topological polar surface area (TPSA) is 93.1 Å². The number of hydrogen-bond donors (Lipinski definition) is 1. The average Bonchev–Trinajstić information content (AvgIpc) is 2.89. The second kappa shape index (κ2) is 16.1. The molecule has 2 rings (SSSR count). The molecule has 7 nitrogen and oxygen atoms in total. The summed E-state index contributed by atoms with van der Waals surface area (Å²) in [6.07, 6.45) is 8.41. The van der Waals surface area contributed by atoms with Crippen LogP contribution in [0.2, 0.25) is 0 Å². The Kier molecular flexibility index (Phi) is 12.8. The van der Waals surface area contributed by atoms with Crippen LogP contribution in [0.15, 0.2) is 42.5 Å². The van der Waals surface area contributed by atoms with Crippen LogP contribution in [0.1, 0.15) is 85.8 Å². The molecule has 1 N–H and O–H groups in total. The van der Waals surface area contributed by atoms with Crippen LogP contribution in [0.3, 0.4) is 0 Å². The second-order valence-electron chi connectivity index (χ2n) is 8.89. The van der Waals surface area contributed by atoms with Crippen LogP contribution in [-0.4, -0.2) is 41.6 Å². The molecule has 0 atom stereocenters. The number of aromatic carboxylic acids is 1. The summed E-state index contributed by atoms with van der Waals surface area (Å²) in [6.45, 7) is 3.91. The molecule has 0 fully saturated rings. The number of nitrogens with zero attached hydrogens (tertiary/aromatic N) is 1. The van der Waals surface area contributed by atoms with Gasteiger partial charge in [-0.25, -0.2) is 9.59 Å². The van der Waals surface area contributed by atoms with Gasteiger partial charge in [0.1, 0.15) is 11.3 Å². The summed E-state index contributed by atoms with van der Waals surface area (Å²) in [5.41, 5.74) is 2.44. The van der Waals surface area contributed by atoms with E-state index in [1.165, 1.54) is 58.3 Å². The van der Waals surface area contributed by atoms with Gasteiger partial charge in [-0.05, 0) is 41.8 Å². The van der Waals surface area contributed by atoms with Gasteiger partial charge in [-0.3, -0.25) is 4.79 Å². The predicted octanol–water partition coefficient (Wildman–Crippen LogP) is 5.59. The van der Waals surface area contributed by atoms with Gasteiger partial charge in [-0.15, -0.1) is 0 Å². The Hall–Kier alpha value is -3.79. The third-order valence-corrected chi connectivity index (χ3v) is 5.88. The molecule has 198 valence electrons. The van der Waals surface area contributed by atoms with E-state index in [0.29, 0.717) is 12.1 Å². The van der Waals surface area contributed by atoms with E-state index in [1.807, 2.05) is 24.3 Å². The largest absolute Gasteiger partial charge is 0.481 e. The molecule has 7 heteroatoms. The molecule has 2 aromatic rings. The Morgan fingerprint density at radius 1 is 0.919 bits per heavy atom. The van der Waals surface area contributed by atoms with Crippen molar-refractivity contribution in [3.05, 3.63) is 64.7 Å². The molecule has 0 aliphatic heterocycles. The fraction of sp³-hybridized carbons (Fsp3) is 0.433. The molecule has 0 radical (unpaired) electrons.